The molecule has 0 unspecified atom stereocenters. The predicted molar refractivity (Wildman–Crippen MR) is 154 cm³/mol. The summed E-state index contributed by atoms with van der Waals surface area (Å²) in [6, 6.07) is 19.2. The maximum atomic E-state index is 12.7. The number of carbonyl (C=O) groups excluding carboxylic acids is 1. The van der Waals surface area contributed by atoms with E-state index in [1.165, 1.54) is 0 Å². The molecule has 2 N–H and O–H groups in total. The third kappa shape index (κ3) is 6.57. The smallest absolute Gasteiger partial charge is 0.337 e. The van der Waals surface area contributed by atoms with E-state index < -0.39 is 38.6 Å². The van der Waals surface area contributed by atoms with E-state index in [9.17, 15) is 15.0 Å². The monoisotopic (exact) mass is 541 g/mol. The average Bonchev–Trinajstić information content (AvgIpc) is 3.19. The zero-order chi connectivity index (χ0) is 28.0. The summed E-state index contributed by atoms with van der Waals surface area (Å²) in [6.45, 7) is 16.4. The first kappa shape index (κ1) is 30.5. The Morgan fingerprint density at radius 3 is 1.95 bits per heavy atom. The lowest BCUT2D eigenvalue weighted by Crippen LogP contribution is -2.52. The summed E-state index contributed by atoms with van der Waals surface area (Å²) in [6.07, 6.45) is -2.83. The first-order valence-corrected chi connectivity index (χ1v) is 16.2. The van der Waals surface area contributed by atoms with Crippen LogP contribution in [-0.4, -0.2) is 60.4 Å². The quantitative estimate of drug-likeness (QED) is 0.245. The molecule has 0 amide bonds. The summed E-state index contributed by atoms with van der Waals surface area (Å²) in [4.78, 5) is 14.8. The van der Waals surface area contributed by atoms with Gasteiger partial charge in [-0.05, 0) is 41.1 Å². The molecule has 1 saturated heterocycles. The molecular formula is C31H47NO5Si. The molecule has 5 atom stereocenters. The van der Waals surface area contributed by atoms with Crippen LogP contribution in [0.5, 0.6) is 0 Å². The summed E-state index contributed by atoms with van der Waals surface area (Å²) in [7, 11) is -2.09. The van der Waals surface area contributed by atoms with Gasteiger partial charge in [0.25, 0.3) is 0 Å². The van der Waals surface area contributed by atoms with Crippen LogP contribution in [0.25, 0.3) is 0 Å². The van der Waals surface area contributed by atoms with E-state index in [0.29, 0.717) is 36.2 Å². The van der Waals surface area contributed by atoms with Crippen LogP contribution in [0.1, 0.15) is 72.1 Å². The number of nitrogens with zero attached hydrogens (tertiary/aromatic N) is 1. The molecular weight excluding hydrogens is 494 g/mol. The van der Waals surface area contributed by atoms with E-state index in [-0.39, 0.29) is 6.04 Å². The van der Waals surface area contributed by atoms with Crippen molar-refractivity contribution < 1.29 is 24.2 Å². The molecule has 210 valence electrons. The Hall–Kier alpha value is -2.03. The standard InChI is InChI=1S/C31H47NO5Si/c1-21(2)38(22(3)4,23(5)6)36-19-18-27(33)30-28(29(34)31(35)37-30)32(20-25-14-10-8-11-15-25)24(7)26-16-12-9-13-17-26/h8-17,21-24,27-30,33-34H,18-20H2,1-7H3/t24-,27+,28+,29+,30-/m1/s1. The van der Waals surface area contributed by atoms with Crippen molar-refractivity contribution in [3.8, 4) is 0 Å². The number of ether oxygens (including phenoxy) is 1. The van der Waals surface area contributed by atoms with Gasteiger partial charge in [0, 0.05) is 19.2 Å². The number of rotatable bonds is 13. The van der Waals surface area contributed by atoms with Crippen LogP contribution in [0.4, 0.5) is 0 Å². The number of aliphatic hydroxyl groups is 2. The van der Waals surface area contributed by atoms with Gasteiger partial charge < -0.3 is 19.4 Å². The van der Waals surface area contributed by atoms with Crippen LogP contribution in [0, 0.1) is 0 Å². The Bertz CT molecular complexity index is 978. The fourth-order valence-electron chi connectivity index (χ4n) is 6.51. The van der Waals surface area contributed by atoms with Gasteiger partial charge >= 0.3 is 5.97 Å². The number of aliphatic hydroxyl groups excluding tert-OH is 2. The van der Waals surface area contributed by atoms with Gasteiger partial charge in [0.1, 0.15) is 6.10 Å². The maximum absolute atomic E-state index is 12.7. The van der Waals surface area contributed by atoms with Crippen LogP contribution < -0.4 is 0 Å². The summed E-state index contributed by atoms with van der Waals surface area (Å²) in [5, 5.41) is 22.4. The van der Waals surface area contributed by atoms with Crippen molar-refractivity contribution in [2.45, 2.75) is 108 Å². The molecule has 38 heavy (non-hydrogen) atoms. The number of hydrogen-bond donors (Lipinski definition) is 2. The maximum Gasteiger partial charge on any atom is 0.337 e. The van der Waals surface area contributed by atoms with Gasteiger partial charge in [-0.2, -0.15) is 0 Å². The van der Waals surface area contributed by atoms with E-state index in [0.717, 1.165) is 11.1 Å². The summed E-state index contributed by atoms with van der Waals surface area (Å²) in [5.41, 5.74) is 3.43. The minimum Gasteiger partial charge on any atom is -0.456 e. The molecule has 0 aliphatic carbocycles. The van der Waals surface area contributed by atoms with E-state index in [1.807, 2.05) is 60.7 Å². The number of carbonyl (C=O) groups is 1. The van der Waals surface area contributed by atoms with E-state index in [2.05, 4.69) is 53.4 Å². The molecule has 2 aromatic rings. The second kappa shape index (κ2) is 13.4. The largest absolute Gasteiger partial charge is 0.456 e. The Morgan fingerprint density at radius 1 is 0.895 bits per heavy atom. The van der Waals surface area contributed by atoms with E-state index in [1.54, 1.807) is 0 Å². The first-order chi connectivity index (χ1) is 18.0. The van der Waals surface area contributed by atoms with Crippen molar-refractivity contribution in [3.05, 3.63) is 71.8 Å². The molecule has 3 rings (SSSR count). The van der Waals surface area contributed by atoms with Crippen molar-refractivity contribution in [2.24, 2.45) is 0 Å². The first-order valence-electron chi connectivity index (χ1n) is 14.1. The molecule has 7 heteroatoms. The molecule has 1 fully saturated rings. The summed E-state index contributed by atoms with van der Waals surface area (Å²) >= 11 is 0. The van der Waals surface area contributed by atoms with Gasteiger partial charge in [-0.1, -0.05) is 102 Å². The van der Waals surface area contributed by atoms with Crippen LogP contribution in [-0.2, 0) is 20.5 Å². The average molecular weight is 542 g/mol. The lowest BCUT2D eigenvalue weighted by molar-refractivity contribution is -0.150. The second-order valence-electron chi connectivity index (χ2n) is 11.6. The van der Waals surface area contributed by atoms with Crippen molar-refractivity contribution in [1.82, 2.24) is 4.90 Å². The highest BCUT2D eigenvalue weighted by molar-refractivity contribution is 6.77. The van der Waals surface area contributed by atoms with Crippen molar-refractivity contribution in [1.29, 1.82) is 0 Å². The highest BCUT2D eigenvalue weighted by Gasteiger charge is 2.51. The van der Waals surface area contributed by atoms with Crippen molar-refractivity contribution in [3.63, 3.8) is 0 Å². The number of benzene rings is 2. The lowest BCUT2D eigenvalue weighted by atomic mass is 9.95. The molecule has 0 saturated carbocycles. The highest BCUT2D eigenvalue weighted by Crippen LogP contribution is 2.42. The minimum atomic E-state index is -2.09. The Kier molecular flexibility index (Phi) is 10.7. The molecule has 1 heterocycles. The normalized spacial score (nSPS) is 21.9. The summed E-state index contributed by atoms with van der Waals surface area (Å²) in [5.74, 6) is -0.687. The zero-order valence-electron chi connectivity index (χ0n) is 24.1. The third-order valence-corrected chi connectivity index (χ3v) is 14.5. The van der Waals surface area contributed by atoms with Crippen LogP contribution in [0.2, 0.25) is 16.6 Å². The van der Waals surface area contributed by atoms with Gasteiger partial charge in [-0.25, -0.2) is 4.79 Å². The number of cyclic esters (lactones) is 1. The van der Waals surface area contributed by atoms with Gasteiger partial charge in [0.15, 0.2) is 14.4 Å². The summed E-state index contributed by atoms with van der Waals surface area (Å²) < 4.78 is 12.3. The number of esters is 1. The van der Waals surface area contributed by atoms with Crippen LogP contribution in [0.15, 0.2) is 60.7 Å². The lowest BCUT2D eigenvalue weighted by Gasteiger charge is -2.42. The third-order valence-electron chi connectivity index (χ3n) is 8.38. The zero-order valence-corrected chi connectivity index (χ0v) is 25.1. The Balaban J connectivity index is 1.85. The van der Waals surface area contributed by atoms with Gasteiger partial charge in [-0.3, -0.25) is 4.90 Å². The van der Waals surface area contributed by atoms with Crippen LogP contribution >= 0.6 is 0 Å². The molecule has 6 nitrogen and oxygen atoms in total. The Morgan fingerprint density at radius 2 is 1.42 bits per heavy atom. The van der Waals surface area contributed by atoms with E-state index >= 15 is 0 Å². The predicted octanol–water partition coefficient (Wildman–Crippen LogP) is 5.85. The molecule has 1 aliphatic heterocycles. The molecule has 0 aromatic heterocycles. The van der Waals surface area contributed by atoms with Gasteiger partial charge in [-0.15, -0.1) is 0 Å². The fourth-order valence-corrected chi connectivity index (χ4v) is 12.0. The van der Waals surface area contributed by atoms with Crippen LogP contribution in [0.3, 0.4) is 0 Å². The highest BCUT2D eigenvalue weighted by atomic mass is 28.4. The van der Waals surface area contributed by atoms with Gasteiger partial charge in [0.05, 0.1) is 12.1 Å². The fraction of sp³-hybridized carbons (Fsp3) is 0.581. The molecule has 0 bridgehead atoms. The minimum absolute atomic E-state index is 0.126. The van der Waals surface area contributed by atoms with E-state index in [4.69, 9.17) is 9.16 Å². The Labute approximate surface area is 230 Å². The SMILES string of the molecule is CC(C)[Si](OCC[C@H](O)[C@H]1OC(=O)[C@@H](O)[C@@H]1N(Cc1ccccc1)[C@H](C)c1ccccc1)(C(C)C)C(C)C. The molecule has 0 radical (unpaired) electrons. The van der Waals surface area contributed by atoms with Crippen molar-refractivity contribution >= 4 is 14.3 Å². The molecule has 2 aromatic carbocycles. The second-order valence-corrected chi connectivity index (χ2v) is 17.1. The molecule has 0 spiro atoms. The van der Waals surface area contributed by atoms with Crippen molar-refractivity contribution in [2.75, 3.05) is 6.61 Å². The molecule has 1 aliphatic rings. The topological polar surface area (TPSA) is 79.2 Å². The van der Waals surface area contributed by atoms with Gasteiger partial charge in [0.2, 0.25) is 0 Å². The number of hydrogen-bond acceptors (Lipinski definition) is 6.